The van der Waals surface area contributed by atoms with Gasteiger partial charge in [0.15, 0.2) is 0 Å². The first-order valence-electron chi connectivity index (χ1n) is 9.42. The highest BCUT2D eigenvalue weighted by molar-refractivity contribution is 7.92. The number of hydrogen-bond donors (Lipinski definition) is 2. The van der Waals surface area contributed by atoms with E-state index in [1.807, 2.05) is 44.7 Å². The van der Waals surface area contributed by atoms with Gasteiger partial charge in [0.2, 0.25) is 0 Å². The van der Waals surface area contributed by atoms with Crippen molar-refractivity contribution in [3.8, 4) is 0 Å². The Labute approximate surface area is 173 Å². The summed E-state index contributed by atoms with van der Waals surface area (Å²) in [7, 11) is 0.0554. The van der Waals surface area contributed by atoms with Crippen LogP contribution in [0.25, 0.3) is 0 Å². The Hall–Kier alpha value is -2.58. The summed E-state index contributed by atoms with van der Waals surface area (Å²) in [5.74, 6) is -1.11. The molecule has 0 amide bonds. The van der Waals surface area contributed by atoms with Crippen molar-refractivity contribution in [1.29, 1.82) is 0 Å². The molecule has 2 N–H and O–H groups in total. The number of hydrogen-bond acceptors (Lipinski definition) is 5. The van der Waals surface area contributed by atoms with Crippen molar-refractivity contribution >= 4 is 27.4 Å². The largest absolute Gasteiger partial charge is 0.478 e. The van der Waals surface area contributed by atoms with E-state index in [9.17, 15) is 18.3 Å². The lowest BCUT2D eigenvalue weighted by Gasteiger charge is -2.27. The van der Waals surface area contributed by atoms with Crippen LogP contribution < -0.4 is 9.62 Å². The topological polar surface area (TPSA) is 89.9 Å². The van der Waals surface area contributed by atoms with Gasteiger partial charge >= 0.3 is 5.97 Å². The van der Waals surface area contributed by atoms with Crippen LogP contribution >= 0.6 is 0 Å². The lowest BCUT2D eigenvalue weighted by atomic mass is 10.1. The van der Waals surface area contributed by atoms with Crippen LogP contribution in [0.3, 0.4) is 0 Å². The quantitative estimate of drug-likeness (QED) is 0.649. The van der Waals surface area contributed by atoms with Gasteiger partial charge in [0, 0.05) is 19.6 Å². The number of benzene rings is 2. The van der Waals surface area contributed by atoms with Gasteiger partial charge in [-0.15, -0.1) is 0 Å². The Balaban J connectivity index is 2.48. The fraction of sp³-hybridized carbons (Fsp3) is 0.381. The number of likely N-dealkylation sites (N-methyl/N-ethyl adjacent to an activating group) is 2. The molecule has 0 atom stereocenters. The van der Waals surface area contributed by atoms with Crippen LogP contribution in [0.5, 0.6) is 0 Å². The number of aromatic carboxylic acids is 1. The first-order valence-corrected chi connectivity index (χ1v) is 10.9. The van der Waals surface area contributed by atoms with E-state index in [1.165, 1.54) is 12.1 Å². The van der Waals surface area contributed by atoms with Crippen LogP contribution in [0.4, 0.5) is 11.4 Å². The van der Waals surface area contributed by atoms with E-state index < -0.39 is 16.0 Å². The molecule has 0 bridgehead atoms. The Kier molecular flexibility index (Phi) is 7.26. The molecule has 158 valence electrons. The van der Waals surface area contributed by atoms with Gasteiger partial charge in [-0.1, -0.05) is 6.07 Å². The molecule has 0 saturated carbocycles. The molecule has 8 heteroatoms. The van der Waals surface area contributed by atoms with Crippen molar-refractivity contribution in [3.63, 3.8) is 0 Å². The molecule has 2 rings (SSSR count). The predicted molar refractivity (Wildman–Crippen MR) is 117 cm³/mol. The minimum absolute atomic E-state index is 0.0233. The summed E-state index contributed by atoms with van der Waals surface area (Å²) in [5, 5.41) is 9.36. The summed E-state index contributed by atoms with van der Waals surface area (Å²) in [4.78, 5) is 15.6. The van der Waals surface area contributed by atoms with Crippen molar-refractivity contribution in [2.24, 2.45) is 0 Å². The molecule has 2 aromatic rings. The zero-order valence-electron chi connectivity index (χ0n) is 17.6. The third-order valence-electron chi connectivity index (χ3n) is 4.82. The summed E-state index contributed by atoms with van der Waals surface area (Å²) in [5.41, 5.74) is 2.79. The van der Waals surface area contributed by atoms with E-state index in [0.717, 1.165) is 17.7 Å². The maximum absolute atomic E-state index is 13.0. The Morgan fingerprint density at radius 3 is 2.28 bits per heavy atom. The zero-order chi connectivity index (χ0) is 21.8. The minimum Gasteiger partial charge on any atom is -0.478 e. The Morgan fingerprint density at radius 2 is 1.72 bits per heavy atom. The third-order valence-corrected chi connectivity index (χ3v) is 6.18. The fourth-order valence-electron chi connectivity index (χ4n) is 2.88. The highest BCUT2D eigenvalue weighted by Crippen LogP contribution is 2.30. The van der Waals surface area contributed by atoms with Gasteiger partial charge in [-0.2, -0.15) is 0 Å². The van der Waals surface area contributed by atoms with Crippen LogP contribution in [-0.4, -0.2) is 58.1 Å². The first-order chi connectivity index (χ1) is 13.5. The smallest absolute Gasteiger partial charge is 0.335 e. The maximum atomic E-state index is 13.0. The number of aryl methyl sites for hydroxylation is 2. The van der Waals surface area contributed by atoms with Gasteiger partial charge in [0.1, 0.15) is 0 Å². The van der Waals surface area contributed by atoms with Crippen LogP contribution in [0, 0.1) is 13.8 Å². The van der Waals surface area contributed by atoms with Crippen molar-refractivity contribution in [2.75, 3.05) is 43.4 Å². The van der Waals surface area contributed by atoms with Crippen molar-refractivity contribution in [3.05, 3.63) is 53.1 Å². The second-order valence-corrected chi connectivity index (χ2v) is 8.95. The molecule has 29 heavy (non-hydrogen) atoms. The molecule has 7 nitrogen and oxygen atoms in total. The van der Waals surface area contributed by atoms with E-state index in [4.69, 9.17) is 0 Å². The number of nitrogens with one attached hydrogen (secondary N) is 1. The highest BCUT2D eigenvalue weighted by Gasteiger charge is 2.20. The number of carboxylic acids is 1. The number of anilines is 2. The highest BCUT2D eigenvalue weighted by atomic mass is 32.2. The lowest BCUT2D eigenvalue weighted by molar-refractivity contribution is 0.0697. The summed E-state index contributed by atoms with van der Waals surface area (Å²) < 4.78 is 28.6. The molecule has 0 radical (unpaired) electrons. The van der Waals surface area contributed by atoms with E-state index >= 15 is 0 Å². The van der Waals surface area contributed by atoms with Gasteiger partial charge in [-0.05, 0) is 76.3 Å². The van der Waals surface area contributed by atoms with Gasteiger partial charge in [-0.3, -0.25) is 4.72 Å². The van der Waals surface area contributed by atoms with Crippen molar-refractivity contribution in [1.82, 2.24) is 4.90 Å². The number of carbonyl (C=O) groups is 1. The maximum Gasteiger partial charge on any atom is 0.335 e. The summed E-state index contributed by atoms with van der Waals surface area (Å²) >= 11 is 0. The van der Waals surface area contributed by atoms with Crippen molar-refractivity contribution < 1.29 is 18.3 Å². The number of rotatable bonds is 9. The SMILES string of the molecule is CCN(CCN(C)C)c1ccc(C(=O)O)cc1NS(=O)(=O)c1ccc(C)c(C)c1. The first kappa shape index (κ1) is 22.7. The van der Waals surface area contributed by atoms with Crippen LogP contribution in [0.1, 0.15) is 28.4 Å². The van der Waals surface area contributed by atoms with E-state index in [1.54, 1.807) is 24.3 Å². The monoisotopic (exact) mass is 419 g/mol. The normalized spacial score (nSPS) is 11.5. The standard InChI is InChI=1S/C21H29N3O4S/c1-6-24(12-11-23(4)5)20-10-8-17(21(25)26)14-19(20)22-29(27,28)18-9-7-15(2)16(3)13-18/h7-10,13-14,22H,6,11-12H2,1-5H3,(H,25,26). The van der Waals surface area contributed by atoms with Gasteiger partial charge in [0.25, 0.3) is 10.0 Å². The number of carboxylic acid groups (broad SMARTS) is 1. The second-order valence-electron chi connectivity index (χ2n) is 7.27. The summed E-state index contributed by atoms with van der Waals surface area (Å²) in [6.45, 7) is 7.84. The molecule has 0 fully saturated rings. The van der Waals surface area contributed by atoms with E-state index in [0.29, 0.717) is 18.8 Å². The summed E-state index contributed by atoms with van der Waals surface area (Å²) in [6, 6.07) is 9.43. The Bertz CT molecular complexity index is 987. The van der Waals surface area contributed by atoms with Crippen LogP contribution in [0.15, 0.2) is 41.3 Å². The molecule has 0 saturated heterocycles. The molecular weight excluding hydrogens is 390 g/mol. The average molecular weight is 420 g/mol. The molecule has 0 unspecified atom stereocenters. The van der Waals surface area contributed by atoms with E-state index in [2.05, 4.69) is 4.72 Å². The molecule has 0 spiro atoms. The number of sulfonamides is 1. The van der Waals surface area contributed by atoms with Gasteiger partial charge in [-0.25, -0.2) is 13.2 Å². The fourth-order valence-corrected chi connectivity index (χ4v) is 4.03. The van der Waals surface area contributed by atoms with E-state index in [-0.39, 0.29) is 16.1 Å². The predicted octanol–water partition coefficient (Wildman–Crippen LogP) is 3.19. The minimum atomic E-state index is -3.87. The summed E-state index contributed by atoms with van der Waals surface area (Å²) in [6.07, 6.45) is 0. The van der Waals surface area contributed by atoms with Gasteiger partial charge in [0.05, 0.1) is 21.8 Å². The molecule has 0 aliphatic heterocycles. The molecular formula is C21H29N3O4S. The molecule has 0 aliphatic rings. The molecule has 2 aromatic carbocycles. The average Bonchev–Trinajstić information content (AvgIpc) is 2.64. The van der Waals surface area contributed by atoms with Crippen LogP contribution in [-0.2, 0) is 10.0 Å². The molecule has 0 aromatic heterocycles. The second kappa shape index (κ2) is 9.28. The molecule has 0 aliphatic carbocycles. The third kappa shape index (κ3) is 5.71. The zero-order valence-corrected chi connectivity index (χ0v) is 18.4. The van der Waals surface area contributed by atoms with Crippen molar-refractivity contribution in [2.45, 2.75) is 25.7 Å². The number of nitrogens with zero attached hydrogens (tertiary/aromatic N) is 2. The Morgan fingerprint density at radius 1 is 1.03 bits per heavy atom. The molecule has 0 heterocycles. The van der Waals surface area contributed by atoms with Crippen LogP contribution in [0.2, 0.25) is 0 Å². The lowest BCUT2D eigenvalue weighted by Crippen LogP contribution is -2.32. The van der Waals surface area contributed by atoms with Gasteiger partial charge < -0.3 is 14.9 Å².